The van der Waals surface area contributed by atoms with Gasteiger partial charge in [-0.15, -0.1) is 24.0 Å². The van der Waals surface area contributed by atoms with Gasteiger partial charge in [-0.1, -0.05) is 20.3 Å². The van der Waals surface area contributed by atoms with Gasteiger partial charge in [-0.05, 0) is 25.7 Å². The molecule has 7 nitrogen and oxygen atoms in total. The number of nitrogens with zero attached hydrogens (tertiary/aromatic N) is 2. The molecule has 1 unspecified atom stereocenters. The average Bonchev–Trinajstić information content (AvgIpc) is 2.61. The van der Waals surface area contributed by atoms with E-state index < -0.39 is 0 Å². The number of carbonyl (C=O) groups excluding carboxylic acids is 1. The van der Waals surface area contributed by atoms with Crippen LogP contribution in [0.3, 0.4) is 0 Å². The summed E-state index contributed by atoms with van der Waals surface area (Å²) in [5.41, 5.74) is 0. The molecule has 1 saturated heterocycles. The minimum Gasteiger partial charge on any atom is -0.469 e. The highest BCUT2D eigenvalue weighted by molar-refractivity contribution is 14.0. The topological polar surface area (TPSA) is 75.2 Å². The third-order valence-corrected chi connectivity index (χ3v) is 4.22. The second-order valence-electron chi connectivity index (χ2n) is 7.18. The van der Waals surface area contributed by atoms with E-state index in [4.69, 9.17) is 4.74 Å². The Hall–Kier alpha value is -0.610. The van der Waals surface area contributed by atoms with Gasteiger partial charge in [0.05, 0.1) is 26.4 Å². The first-order valence-electron chi connectivity index (χ1n) is 9.98. The predicted octanol–water partition coefficient (Wildman–Crippen LogP) is 2.25. The van der Waals surface area contributed by atoms with E-state index >= 15 is 0 Å². The van der Waals surface area contributed by atoms with Crippen LogP contribution < -0.4 is 10.6 Å². The Morgan fingerprint density at radius 3 is 2.74 bits per heavy atom. The maximum atomic E-state index is 11.1. The number of rotatable bonds is 11. The van der Waals surface area contributed by atoms with Gasteiger partial charge >= 0.3 is 5.97 Å². The van der Waals surface area contributed by atoms with Gasteiger partial charge in [0.25, 0.3) is 0 Å². The summed E-state index contributed by atoms with van der Waals surface area (Å²) >= 11 is 0. The first-order valence-corrected chi connectivity index (χ1v) is 9.98. The predicted molar refractivity (Wildman–Crippen MR) is 121 cm³/mol. The van der Waals surface area contributed by atoms with Crippen LogP contribution in [0.2, 0.25) is 0 Å². The monoisotopic (exact) mass is 498 g/mol. The van der Waals surface area contributed by atoms with Crippen LogP contribution in [0.25, 0.3) is 0 Å². The van der Waals surface area contributed by atoms with Crippen LogP contribution in [0.1, 0.15) is 46.5 Å². The molecule has 1 fully saturated rings. The number of nitrogens with one attached hydrogen (secondary N) is 2. The largest absolute Gasteiger partial charge is 0.469 e. The van der Waals surface area contributed by atoms with E-state index in [2.05, 4.69) is 46.0 Å². The number of esters is 1. The standard InChI is InChI=1S/C19H38N4O3.HI/c1-5-20-19(21-10-8-6-7-9-18(24)25-4)22-13-17-15-23(11-12-26-17)14-16(2)3;/h16-17H,5-15H2,1-4H3,(H2,20,21,22);1H. The van der Waals surface area contributed by atoms with Crippen molar-refractivity contribution < 1.29 is 14.3 Å². The summed E-state index contributed by atoms with van der Waals surface area (Å²) in [4.78, 5) is 18.2. The van der Waals surface area contributed by atoms with Crippen LogP contribution in [0.15, 0.2) is 4.99 Å². The number of guanidine groups is 1. The van der Waals surface area contributed by atoms with Crippen molar-refractivity contribution in [3.8, 4) is 0 Å². The number of halogens is 1. The molecule has 1 heterocycles. The average molecular weight is 498 g/mol. The number of aliphatic imine (C=N–C) groups is 1. The number of hydrogen-bond donors (Lipinski definition) is 2. The highest BCUT2D eigenvalue weighted by atomic mass is 127. The second kappa shape index (κ2) is 16.4. The molecular weight excluding hydrogens is 459 g/mol. The van der Waals surface area contributed by atoms with Crippen molar-refractivity contribution in [2.24, 2.45) is 10.9 Å². The van der Waals surface area contributed by atoms with Gasteiger partial charge in [-0.3, -0.25) is 14.7 Å². The summed E-state index contributed by atoms with van der Waals surface area (Å²) in [6.45, 7) is 12.8. The number of carbonyl (C=O) groups is 1. The van der Waals surface area contributed by atoms with E-state index in [1.807, 2.05) is 0 Å². The molecule has 1 aliphatic rings. The molecule has 2 N–H and O–H groups in total. The van der Waals surface area contributed by atoms with Crippen LogP contribution in [-0.2, 0) is 14.3 Å². The number of morpholine rings is 1. The summed E-state index contributed by atoms with van der Waals surface area (Å²) in [5, 5.41) is 6.64. The molecule has 0 saturated carbocycles. The van der Waals surface area contributed by atoms with Crippen LogP contribution in [0, 0.1) is 5.92 Å². The van der Waals surface area contributed by atoms with E-state index in [-0.39, 0.29) is 36.0 Å². The summed E-state index contributed by atoms with van der Waals surface area (Å²) in [6, 6.07) is 0. The van der Waals surface area contributed by atoms with Crippen molar-refractivity contribution in [1.29, 1.82) is 0 Å². The molecule has 160 valence electrons. The van der Waals surface area contributed by atoms with E-state index in [0.717, 1.165) is 64.6 Å². The Kier molecular flexibility index (Phi) is 16.0. The molecule has 0 bridgehead atoms. The smallest absolute Gasteiger partial charge is 0.305 e. The third kappa shape index (κ3) is 13.2. The molecule has 0 aromatic heterocycles. The Morgan fingerprint density at radius 1 is 1.30 bits per heavy atom. The maximum absolute atomic E-state index is 11.1. The minimum absolute atomic E-state index is 0. The first kappa shape index (κ1) is 26.4. The Balaban J connectivity index is 0.00000676. The lowest BCUT2D eigenvalue weighted by atomic mass is 10.2. The summed E-state index contributed by atoms with van der Waals surface area (Å²) < 4.78 is 10.5. The number of ether oxygens (including phenoxy) is 2. The minimum atomic E-state index is -0.133. The maximum Gasteiger partial charge on any atom is 0.305 e. The van der Waals surface area contributed by atoms with Gasteiger partial charge in [0, 0.05) is 39.1 Å². The summed E-state index contributed by atoms with van der Waals surface area (Å²) in [5.74, 6) is 1.38. The lowest BCUT2D eigenvalue weighted by Crippen LogP contribution is -2.46. The van der Waals surface area contributed by atoms with Gasteiger partial charge < -0.3 is 20.1 Å². The molecule has 0 aliphatic carbocycles. The van der Waals surface area contributed by atoms with Crippen molar-refractivity contribution in [3.63, 3.8) is 0 Å². The van der Waals surface area contributed by atoms with Crippen molar-refractivity contribution in [1.82, 2.24) is 15.5 Å². The molecular formula is C19H39IN4O3. The normalized spacial score (nSPS) is 18.1. The van der Waals surface area contributed by atoms with Crippen molar-refractivity contribution in [3.05, 3.63) is 0 Å². The lowest BCUT2D eigenvalue weighted by molar-refractivity contribution is -0.140. The zero-order valence-electron chi connectivity index (χ0n) is 17.5. The zero-order valence-corrected chi connectivity index (χ0v) is 19.8. The summed E-state index contributed by atoms with van der Waals surface area (Å²) in [7, 11) is 1.43. The fraction of sp³-hybridized carbons (Fsp3) is 0.895. The van der Waals surface area contributed by atoms with Crippen LogP contribution in [0.4, 0.5) is 0 Å². The molecule has 0 amide bonds. The second-order valence-corrected chi connectivity index (χ2v) is 7.18. The highest BCUT2D eigenvalue weighted by Crippen LogP contribution is 2.08. The number of unbranched alkanes of at least 4 members (excludes halogenated alkanes) is 2. The van der Waals surface area contributed by atoms with Gasteiger partial charge in [-0.2, -0.15) is 0 Å². The SMILES string of the molecule is CCNC(=NCC1CN(CC(C)C)CCO1)NCCCCCC(=O)OC.I. The molecule has 27 heavy (non-hydrogen) atoms. The van der Waals surface area contributed by atoms with Gasteiger partial charge in [0.1, 0.15) is 0 Å². The van der Waals surface area contributed by atoms with Crippen LogP contribution in [0.5, 0.6) is 0 Å². The molecule has 1 atom stereocenters. The van der Waals surface area contributed by atoms with Gasteiger partial charge in [-0.25, -0.2) is 0 Å². The van der Waals surface area contributed by atoms with Crippen LogP contribution >= 0.6 is 24.0 Å². The Bertz CT molecular complexity index is 422. The van der Waals surface area contributed by atoms with Gasteiger partial charge in [0.15, 0.2) is 5.96 Å². The fourth-order valence-electron chi connectivity index (χ4n) is 2.99. The van der Waals surface area contributed by atoms with Crippen molar-refractivity contribution in [2.75, 3.05) is 53.0 Å². The quantitative estimate of drug-likeness (QED) is 0.150. The highest BCUT2D eigenvalue weighted by Gasteiger charge is 2.20. The lowest BCUT2D eigenvalue weighted by Gasteiger charge is -2.33. The molecule has 0 spiro atoms. The Morgan fingerprint density at radius 2 is 2.07 bits per heavy atom. The van der Waals surface area contributed by atoms with E-state index in [9.17, 15) is 4.79 Å². The first-order chi connectivity index (χ1) is 12.5. The van der Waals surface area contributed by atoms with Gasteiger partial charge in [0.2, 0.25) is 0 Å². The molecule has 8 heteroatoms. The van der Waals surface area contributed by atoms with E-state index in [1.54, 1.807) is 0 Å². The molecule has 0 radical (unpaired) electrons. The third-order valence-electron chi connectivity index (χ3n) is 4.22. The van der Waals surface area contributed by atoms with E-state index in [1.165, 1.54) is 7.11 Å². The molecule has 1 aliphatic heterocycles. The van der Waals surface area contributed by atoms with Crippen molar-refractivity contribution in [2.45, 2.75) is 52.6 Å². The zero-order chi connectivity index (χ0) is 19.2. The van der Waals surface area contributed by atoms with Crippen LogP contribution in [-0.4, -0.2) is 75.9 Å². The fourth-order valence-corrected chi connectivity index (χ4v) is 2.99. The molecule has 1 rings (SSSR count). The summed E-state index contributed by atoms with van der Waals surface area (Å²) in [6.07, 6.45) is 3.53. The molecule has 0 aromatic rings. The molecule has 0 aromatic carbocycles. The Labute approximate surface area is 182 Å². The number of hydrogen-bond acceptors (Lipinski definition) is 5. The van der Waals surface area contributed by atoms with Crippen molar-refractivity contribution >= 4 is 35.9 Å². The van der Waals surface area contributed by atoms with E-state index in [0.29, 0.717) is 18.9 Å². The number of methoxy groups -OCH3 is 1.